The number of hydrogen-bond acceptors (Lipinski definition) is 4. The number of phenolic OH excluding ortho intramolecular Hbond substituents is 1. The van der Waals surface area contributed by atoms with Gasteiger partial charge in [0.1, 0.15) is 17.1 Å². The Morgan fingerprint density at radius 2 is 1.97 bits per heavy atom. The number of carbonyl (C=O) groups excluding carboxylic acids is 1. The molecule has 2 N–H and O–H groups in total. The van der Waals surface area contributed by atoms with Gasteiger partial charge in [-0.3, -0.25) is 9.78 Å². The number of hydrogen-bond donors (Lipinski definition) is 2. The minimum Gasteiger partial charge on any atom is -0.508 e. The number of ether oxygens (including phenoxy) is 1. The number of amides is 1. The average Bonchev–Trinajstić information content (AvgIpc) is 2.74. The topological polar surface area (TPSA) is 71.5 Å². The van der Waals surface area contributed by atoms with E-state index in [0.717, 1.165) is 28.0 Å². The van der Waals surface area contributed by atoms with Crippen molar-refractivity contribution in [1.82, 2.24) is 4.98 Å². The zero-order valence-corrected chi connectivity index (χ0v) is 16.8. The zero-order valence-electron chi connectivity index (χ0n) is 16.8. The number of nitrogens with zero attached hydrogens (tertiary/aromatic N) is 1. The van der Waals surface area contributed by atoms with E-state index in [1.54, 1.807) is 30.6 Å². The van der Waals surface area contributed by atoms with Crippen LogP contribution in [0.1, 0.15) is 25.0 Å². The fraction of sp³-hybridized carbons (Fsp3) is 0.120. The van der Waals surface area contributed by atoms with Gasteiger partial charge in [0.05, 0.1) is 0 Å². The molecule has 2 aromatic carbocycles. The van der Waals surface area contributed by atoms with E-state index < -0.39 is 5.60 Å². The monoisotopic (exact) mass is 398 g/mol. The summed E-state index contributed by atoms with van der Waals surface area (Å²) in [5.41, 5.74) is 3.92. The van der Waals surface area contributed by atoms with E-state index in [9.17, 15) is 9.90 Å². The molecule has 0 saturated carbocycles. The van der Waals surface area contributed by atoms with Gasteiger partial charge in [0.2, 0.25) is 5.91 Å². The summed E-state index contributed by atoms with van der Waals surface area (Å²) >= 11 is 0. The third-order valence-corrected chi connectivity index (χ3v) is 4.70. The molecule has 30 heavy (non-hydrogen) atoms. The Labute approximate surface area is 175 Å². The van der Waals surface area contributed by atoms with E-state index in [0.29, 0.717) is 5.69 Å². The van der Waals surface area contributed by atoms with Gasteiger partial charge < -0.3 is 15.2 Å². The van der Waals surface area contributed by atoms with Gasteiger partial charge in [-0.1, -0.05) is 12.1 Å². The van der Waals surface area contributed by atoms with E-state index >= 15 is 0 Å². The van der Waals surface area contributed by atoms with Gasteiger partial charge in [0, 0.05) is 40.8 Å². The maximum atomic E-state index is 12.3. The van der Waals surface area contributed by atoms with Crippen LogP contribution in [0.3, 0.4) is 0 Å². The Balaban J connectivity index is 1.65. The molecule has 0 saturated heterocycles. The minimum atomic E-state index is -0.398. The highest BCUT2D eigenvalue weighted by Gasteiger charge is 2.24. The second kappa shape index (κ2) is 7.87. The van der Waals surface area contributed by atoms with Gasteiger partial charge in [0.15, 0.2) is 0 Å². The highest BCUT2D eigenvalue weighted by Crippen LogP contribution is 2.40. The molecule has 3 aromatic rings. The summed E-state index contributed by atoms with van der Waals surface area (Å²) in [5, 5.41) is 12.1. The summed E-state index contributed by atoms with van der Waals surface area (Å²) in [5.74, 6) is 0.703. The first-order valence-corrected chi connectivity index (χ1v) is 9.64. The molecule has 1 aliphatic rings. The number of aromatic hydroxyl groups is 1. The first-order chi connectivity index (χ1) is 14.4. The molecule has 5 nitrogen and oxygen atoms in total. The average molecular weight is 398 g/mol. The quantitative estimate of drug-likeness (QED) is 0.463. The Morgan fingerprint density at radius 3 is 2.70 bits per heavy atom. The third-order valence-electron chi connectivity index (χ3n) is 4.70. The summed E-state index contributed by atoms with van der Waals surface area (Å²) in [6.07, 6.45) is 10.9. The second-order valence-electron chi connectivity index (χ2n) is 7.64. The number of phenols is 1. The van der Waals surface area contributed by atoms with Crippen LogP contribution in [0.2, 0.25) is 0 Å². The van der Waals surface area contributed by atoms with Crippen LogP contribution in [0, 0.1) is 0 Å². The first kappa shape index (κ1) is 19.5. The largest absolute Gasteiger partial charge is 0.508 e. The molecule has 0 unspecified atom stereocenters. The summed E-state index contributed by atoms with van der Waals surface area (Å²) in [6.45, 7) is 4.03. The summed E-state index contributed by atoms with van der Waals surface area (Å²) < 4.78 is 6.24. The zero-order chi connectivity index (χ0) is 21.1. The SMILES string of the molecule is CC1(C)C=Cc2cc(C=CC(=O)Nc3ccc(O)cc3)cc(-c3cccnc3)c2O1. The van der Waals surface area contributed by atoms with Crippen molar-refractivity contribution in [3.05, 3.63) is 84.2 Å². The molecule has 0 bridgehead atoms. The number of carbonyl (C=O) groups is 1. The van der Waals surface area contributed by atoms with Gasteiger partial charge in [-0.25, -0.2) is 0 Å². The van der Waals surface area contributed by atoms with E-state index in [1.165, 1.54) is 18.2 Å². The highest BCUT2D eigenvalue weighted by molar-refractivity contribution is 6.02. The number of fused-ring (bicyclic) bond motifs is 1. The normalized spacial score (nSPS) is 14.2. The molecule has 2 heterocycles. The van der Waals surface area contributed by atoms with Gasteiger partial charge in [-0.15, -0.1) is 0 Å². The second-order valence-corrected chi connectivity index (χ2v) is 7.64. The highest BCUT2D eigenvalue weighted by atomic mass is 16.5. The molecule has 1 amide bonds. The smallest absolute Gasteiger partial charge is 0.248 e. The van der Waals surface area contributed by atoms with Crippen LogP contribution in [0.25, 0.3) is 23.3 Å². The predicted octanol–water partition coefficient (Wildman–Crippen LogP) is 5.29. The molecule has 0 spiro atoms. The van der Waals surface area contributed by atoms with Crippen molar-refractivity contribution in [2.75, 3.05) is 5.32 Å². The third kappa shape index (κ3) is 4.41. The molecule has 1 aliphatic heterocycles. The fourth-order valence-corrected chi connectivity index (χ4v) is 3.23. The maximum absolute atomic E-state index is 12.3. The maximum Gasteiger partial charge on any atom is 0.248 e. The number of nitrogens with one attached hydrogen (secondary N) is 1. The van der Waals surface area contributed by atoms with Crippen LogP contribution in [0.15, 0.2) is 73.1 Å². The molecule has 0 fully saturated rings. The first-order valence-electron chi connectivity index (χ1n) is 9.64. The minimum absolute atomic E-state index is 0.152. The molecule has 0 aliphatic carbocycles. The molecule has 150 valence electrons. The van der Waals surface area contributed by atoms with Crippen LogP contribution >= 0.6 is 0 Å². The number of pyridine rings is 1. The Bertz CT molecular complexity index is 1130. The molecule has 1 aromatic heterocycles. The number of anilines is 1. The standard InChI is InChI=1S/C25H22N2O3/c1-25(2)12-11-18-14-17(5-10-23(29)27-20-6-8-21(28)9-7-20)15-22(24(18)30-25)19-4-3-13-26-16-19/h3-16,28H,1-2H3,(H,27,29). The molecule has 0 atom stereocenters. The molecule has 4 rings (SSSR count). The molecular weight excluding hydrogens is 376 g/mol. The van der Waals surface area contributed by atoms with Crippen molar-refractivity contribution in [1.29, 1.82) is 0 Å². The summed E-state index contributed by atoms with van der Waals surface area (Å²) in [7, 11) is 0. The Hall–Kier alpha value is -3.86. The van der Waals surface area contributed by atoms with Crippen LogP contribution in [0.5, 0.6) is 11.5 Å². The van der Waals surface area contributed by atoms with Crippen LogP contribution in [-0.4, -0.2) is 21.6 Å². The lowest BCUT2D eigenvalue weighted by Gasteiger charge is -2.30. The van der Waals surface area contributed by atoms with Gasteiger partial charge in [-0.2, -0.15) is 0 Å². The Morgan fingerprint density at radius 1 is 1.17 bits per heavy atom. The van der Waals surface area contributed by atoms with Crippen molar-refractivity contribution in [2.45, 2.75) is 19.4 Å². The van der Waals surface area contributed by atoms with E-state index in [4.69, 9.17) is 4.74 Å². The van der Waals surface area contributed by atoms with Crippen LogP contribution in [0.4, 0.5) is 5.69 Å². The fourth-order valence-electron chi connectivity index (χ4n) is 3.23. The number of benzene rings is 2. The molecule has 5 heteroatoms. The lowest BCUT2D eigenvalue weighted by molar-refractivity contribution is -0.111. The van der Waals surface area contributed by atoms with E-state index in [1.807, 2.05) is 50.3 Å². The van der Waals surface area contributed by atoms with Crippen molar-refractivity contribution in [2.24, 2.45) is 0 Å². The van der Waals surface area contributed by atoms with E-state index in [2.05, 4.69) is 10.3 Å². The summed E-state index contributed by atoms with van der Waals surface area (Å²) in [6, 6.07) is 14.2. The number of rotatable bonds is 4. The van der Waals surface area contributed by atoms with Crippen molar-refractivity contribution >= 4 is 23.7 Å². The predicted molar refractivity (Wildman–Crippen MR) is 119 cm³/mol. The van der Waals surface area contributed by atoms with Crippen LogP contribution < -0.4 is 10.1 Å². The van der Waals surface area contributed by atoms with Gasteiger partial charge in [0.25, 0.3) is 0 Å². The lowest BCUT2D eigenvalue weighted by atomic mass is 9.94. The Kier molecular flexibility index (Phi) is 5.11. The molecule has 0 radical (unpaired) electrons. The van der Waals surface area contributed by atoms with Crippen LogP contribution in [-0.2, 0) is 4.79 Å². The molecular formula is C25H22N2O3. The lowest BCUT2D eigenvalue weighted by Crippen LogP contribution is -2.27. The van der Waals surface area contributed by atoms with Crippen molar-refractivity contribution in [3.63, 3.8) is 0 Å². The van der Waals surface area contributed by atoms with Crippen molar-refractivity contribution < 1.29 is 14.6 Å². The van der Waals surface area contributed by atoms with Crippen molar-refractivity contribution in [3.8, 4) is 22.6 Å². The van der Waals surface area contributed by atoms with E-state index in [-0.39, 0.29) is 11.7 Å². The van der Waals surface area contributed by atoms with Gasteiger partial charge in [-0.05, 0) is 74.0 Å². The van der Waals surface area contributed by atoms with Gasteiger partial charge >= 0.3 is 0 Å². The summed E-state index contributed by atoms with van der Waals surface area (Å²) in [4.78, 5) is 16.5. The number of aromatic nitrogens is 1.